The van der Waals surface area contributed by atoms with E-state index in [-0.39, 0.29) is 29.6 Å². The zero-order valence-electron chi connectivity index (χ0n) is 21.8. The minimum absolute atomic E-state index is 0.0494. The summed E-state index contributed by atoms with van der Waals surface area (Å²) < 4.78 is 29.0. The number of amides is 1. The fourth-order valence-corrected chi connectivity index (χ4v) is 6.28. The average molecular weight is 558 g/mol. The second kappa shape index (κ2) is 9.29. The third-order valence-corrected chi connectivity index (χ3v) is 8.52. The van der Waals surface area contributed by atoms with Gasteiger partial charge in [0, 0.05) is 31.1 Å². The van der Waals surface area contributed by atoms with Gasteiger partial charge in [0.1, 0.15) is 11.8 Å². The summed E-state index contributed by atoms with van der Waals surface area (Å²) >= 11 is 0. The van der Waals surface area contributed by atoms with Gasteiger partial charge in [0.2, 0.25) is 11.7 Å². The maximum atomic E-state index is 13.8. The number of rotatable bonds is 5. The predicted octanol–water partition coefficient (Wildman–Crippen LogP) is 1.90. The molecule has 12 heteroatoms. The first-order chi connectivity index (χ1) is 19.8. The summed E-state index contributed by atoms with van der Waals surface area (Å²) in [6.07, 6.45) is 1.81. The quantitative estimate of drug-likeness (QED) is 0.273. The fourth-order valence-electron chi connectivity index (χ4n) is 6.28. The first-order valence-corrected chi connectivity index (χ1v) is 13.3. The van der Waals surface area contributed by atoms with Gasteiger partial charge in [0.25, 0.3) is 0 Å². The zero-order valence-corrected chi connectivity index (χ0v) is 21.8. The zero-order chi connectivity index (χ0) is 28.5. The van der Waals surface area contributed by atoms with Crippen molar-refractivity contribution < 1.29 is 23.8 Å². The van der Waals surface area contributed by atoms with Crippen LogP contribution in [0.2, 0.25) is 0 Å². The Labute approximate surface area is 232 Å². The van der Waals surface area contributed by atoms with Crippen LogP contribution in [0, 0.1) is 34.8 Å². The molecule has 3 aromatic heterocycles. The first-order valence-electron chi connectivity index (χ1n) is 13.3. The number of imidazole rings is 1. The largest absolute Gasteiger partial charge is 0.389 e. The van der Waals surface area contributed by atoms with Crippen molar-refractivity contribution in [3.8, 4) is 11.8 Å². The third-order valence-electron chi connectivity index (χ3n) is 8.52. The van der Waals surface area contributed by atoms with E-state index < -0.39 is 35.3 Å². The maximum Gasteiger partial charge on any atom is 0.229 e. The van der Waals surface area contributed by atoms with Crippen LogP contribution in [0.5, 0.6) is 0 Å². The minimum atomic E-state index is -1.24. The first kappa shape index (κ1) is 25.5. The van der Waals surface area contributed by atoms with E-state index in [0.717, 1.165) is 6.07 Å². The number of nitrogens with one attached hydrogen (secondary N) is 2. The van der Waals surface area contributed by atoms with Gasteiger partial charge in [0.15, 0.2) is 28.6 Å². The standard InChI is InChI=1S/C29H25F2N7O3/c1-32-28(41)29-12-17(29)23(24(39)25(29)40)38-13-34-22-26(35-20-11-16(20)14-5-7-18(30)19(31)10-14)36-21(37-27(22)38)8-6-15-4-2-3-9-33-15/h2-5,7,9-10,13,16-17,20,23-25,39-40H,11-12H2,1H3,(H,32,41)(H,35,36,37)/t16?,17?,20-,23-,24+,25+,29?/m1/s1. The van der Waals surface area contributed by atoms with Crippen molar-refractivity contribution >= 4 is 22.9 Å². The van der Waals surface area contributed by atoms with Crippen molar-refractivity contribution in [3.05, 3.63) is 77.6 Å². The molecule has 7 rings (SSSR count). The molecule has 1 aromatic carbocycles. The number of hydrogen-bond acceptors (Lipinski definition) is 8. The van der Waals surface area contributed by atoms with Crippen LogP contribution in [-0.4, -0.2) is 65.9 Å². The monoisotopic (exact) mass is 557 g/mol. The molecule has 3 aliphatic rings. The molecule has 4 aromatic rings. The number of aromatic nitrogens is 5. The Balaban J connectivity index is 1.26. The van der Waals surface area contributed by atoms with E-state index in [1.807, 2.05) is 6.07 Å². The maximum absolute atomic E-state index is 13.8. The summed E-state index contributed by atoms with van der Waals surface area (Å²) in [6.45, 7) is 0. The number of halogens is 2. The van der Waals surface area contributed by atoms with Gasteiger partial charge >= 0.3 is 0 Å². The van der Waals surface area contributed by atoms with Crippen molar-refractivity contribution in [3.63, 3.8) is 0 Å². The second-order valence-electron chi connectivity index (χ2n) is 10.8. The van der Waals surface area contributed by atoms with Crippen molar-refractivity contribution in [1.82, 2.24) is 29.8 Å². The molecule has 4 N–H and O–H groups in total. The summed E-state index contributed by atoms with van der Waals surface area (Å²) in [5.74, 6) is 4.02. The summed E-state index contributed by atoms with van der Waals surface area (Å²) in [5.41, 5.74) is 0.951. The number of aliphatic hydroxyl groups is 2. The summed E-state index contributed by atoms with van der Waals surface area (Å²) in [7, 11) is 1.51. The van der Waals surface area contributed by atoms with Gasteiger partial charge in [-0.2, -0.15) is 0 Å². The molecule has 0 saturated heterocycles. The lowest BCUT2D eigenvalue weighted by Crippen LogP contribution is -2.41. The van der Waals surface area contributed by atoms with Crippen molar-refractivity contribution in [2.24, 2.45) is 11.3 Å². The van der Waals surface area contributed by atoms with Crippen molar-refractivity contribution in [1.29, 1.82) is 0 Å². The van der Waals surface area contributed by atoms with E-state index in [1.165, 1.54) is 19.4 Å². The minimum Gasteiger partial charge on any atom is -0.389 e. The molecule has 0 aliphatic heterocycles. The van der Waals surface area contributed by atoms with Crippen LogP contribution in [-0.2, 0) is 4.79 Å². The van der Waals surface area contributed by atoms with E-state index in [0.29, 0.717) is 41.1 Å². The number of nitrogens with zero attached hydrogens (tertiary/aromatic N) is 5. The van der Waals surface area contributed by atoms with Crippen LogP contribution < -0.4 is 10.6 Å². The highest BCUT2D eigenvalue weighted by Crippen LogP contribution is 2.67. The number of carbonyl (C=O) groups excluding carboxylic acids is 1. The van der Waals surface area contributed by atoms with Crippen LogP contribution >= 0.6 is 0 Å². The van der Waals surface area contributed by atoms with E-state index in [2.05, 4.69) is 42.4 Å². The number of aliphatic hydroxyl groups excluding tert-OH is 2. The lowest BCUT2D eigenvalue weighted by Gasteiger charge is -2.23. The van der Waals surface area contributed by atoms with E-state index in [9.17, 15) is 23.8 Å². The smallest absolute Gasteiger partial charge is 0.229 e. The lowest BCUT2D eigenvalue weighted by atomic mass is 9.98. The van der Waals surface area contributed by atoms with Gasteiger partial charge < -0.3 is 25.4 Å². The highest BCUT2D eigenvalue weighted by Gasteiger charge is 2.75. The van der Waals surface area contributed by atoms with Gasteiger partial charge in [-0.15, -0.1) is 0 Å². The highest BCUT2D eigenvalue weighted by atomic mass is 19.2. The van der Waals surface area contributed by atoms with Gasteiger partial charge in [-0.05, 0) is 54.5 Å². The Kier molecular flexibility index (Phi) is 5.78. The Morgan fingerprint density at radius 1 is 1.12 bits per heavy atom. The number of carbonyl (C=O) groups is 1. The van der Waals surface area contributed by atoms with E-state index in [4.69, 9.17) is 0 Å². The normalized spacial score (nSPS) is 29.4. The number of fused-ring (bicyclic) bond motifs is 2. The molecule has 7 atom stereocenters. The molecule has 0 bridgehead atoms. The summed E-state index contributed by atoms with van der Waals surface area (Å²) in [5, 5.41) is 27.8. The number of anilines is 1. The molecule has 3 aliphatic carbocycles. The summed E-state index contributed by atoms with van der Waals surface area (Å²) in [4.78, 5) is 30.6. The van der Waals surface area contributed by atoms with E-state index >= 15 is 0 Å². The van der Waals surface area contributed by atoms with Gasteiger partial charge in [0.05, 0.1) is 23.9 Å². The topological polar surface area (TPSA) is 138 Å². The number of hydrogen-bond donors (Lipinski definition) is 4. The van der Waals surface area contributed by atoms with Crippen molar-refractivity contribution in [2.75, 3.05) is 12.4 Å². The van der Waals surface area contributed by atoms with Crippen molar-refractivity contribution in [2.45, 2.75) is 43.1 Å². The number of benzene rings is 1. The molecule has 3 fully saturated rings. The molecule has 3 heterocycles. The van der Waals surface area contributed by atoms with Gasteiger partial charge in [-0.1, -0.05) is 12.1 Å². The lowest BCUT2D eigenvalue weighted by molar-refractivity contribution is -0.132. The number of pyridine rings is 1. The highest BCUT2D eigenvalue weighted by molar-refractivity contribution is 5.88. The van der Waals surface area contributed by atoms with Gasteiger partial charge in [-0.25, -0.2) is 28.7 Å². The Morgan fingerprint density at radius 3 is 2.73 bits per heavy atom. The van der Waals surface area contributed by atoms with Crippen LogP contribution in [0.15, 0.2) is 48.9 Å². The molecule has 3 unspecified atom stereocenters. The molecule has 0 spiro atoms. The Hall–Kier alpha value is -4.47. The molecular formula is C29H25F2N7O3. The molecule has 208 valence electrons. The SMILES string of the molecule is CNC(=O)C12CC1[C@@H](n1cnc3c(N[C@@H]4CC4c4ccc(F)c(F)c4)nc(C#Cc4ccccn4)nc31)[C@H](O)[C@@H]2O. The van der Waals surface area contributed by atoms with Crippen LogP contribution in [0.3, 0.4) is 0 Å². The Bertz CT molecular complexity index is 1750. The van der Waals surface area contributed by atoms with Gasteiger partial charge in [-0.3, -0.25) is 4.79 Å². The fraction of sp³-hybridized carbons (Fsp3) is 0.345. The Morgan fingerprint density at radius 2 is 1.98 bits per heavy atom. The second-order valence-corrected chi connectivity index (χ2v) is 10.8. The molecule has 1 amide bonds. The van der Waals surface area contributed by atoms with Crippen LogP contribution in [0.1, 0.15) is 41.9 Å². The molecule has 10 nitrogen and oxygen atoms in total. The average Bonchev–Trinajstić information content (AvgIpc) is 3.86. The van der Waals surface area contributed by atoms with E-state index in [1.54, 1.807) is 29.0 Å². The van der Waals surface area contributed by atoms with Crippen LogP contribution in [0.4, 0.5) is 14.6 Å². The molecule has 41 heavy (non-hydrogen) atoms. The van der Waals surface area contributed by atoms with Crippen LogP contribution in [0.25, 0.3) is 11.2 Å². The molecule has 0 radical (unpaired) electrons. The molecular weight excluding hydrogens is 532 g/mol. The molecule has 3 saturated carbocycles. The predicted molar refractivity (Wildman–Crippen MR) is 142 cm³/mol. The third kappa shape index (κ3) is 4.03. The summed E-state index contributed by atoms with van der Waals surface area (Å²) in [6, 6.07) is 8.50.